The van der Waals surface area contributed by atoms with E-state index < -0.39 is 23.7 Å². The van der Waals surface area contributed by atoms with Crippen molar-refractivity contribution in [1.29, 1.82) is 0 Å². The monoisotopic (exact) mass is 546 g/mol. The number of carbonyl (C=O) groups is 3. The van der Waals surface area contributed by atoms with Gasteiger partial charge in [-0.15, -0.1) is 0 Å². The summed E-state index contributed by atoms with van der Waals surface area (Å²) in [4.78, 5) is 37.5. The van der Waals surface area contributed by atoms with E-state index >= 15 is 0 Å². The van der Waals surface area contributed by atoms with Crippen LogP contribution in [0.2, 0.25) is 0 Å². The first-order valence-electron chi connectivity index (χ1n) is 13.3. The van der Waals surface area contributed by atoms with Crippen molar-refractivity contribution < 1.29 is 28.6 Å². The van der Waals surface area contributed by atoms with E-state index in [1.54, 1.807) is 32.9 Å². The summed E-state index contributed by atoms with van der Waals surface area (Å²) in [6.45, 7) is 7.91. The summed E-state index contributed by atoms with van der Waals surface area (Å²) in [6.07, 6.45) is -0.491. The lowest BCUT2D eigenvalue weighted by molar-refractivity contribution is -0.149. The first-order valence-corrected chi connectivity index (χ1v) is 13.3. The van der Waals surface area contributed by atoms with Gasteiger partial charge in [-0.3, -0.25) is 4.79 Å². The molecule has 2 N–H and O–H groups in total. The van der Waals surface area contributed by atoms with Gasteiger partial charge in [0.15, 0.2) is 6.04 Å². The second-order valence-electron chi connectivity index (χ2n) is 10.6. The summed E-state index contributed by atoms with van der Waals surface area (Å²) in [5.74, 6) is -0.718. The summed E-state index contributed by atoms with van der Waals surface area (Å²) in [5, 5.41) is 5.47. The van der Waals surface area contributed by atoms with E-state index in [2.05, 4.69) is 10.6 Å². The van der Waals surface area contributed by atoms with Gasteiger partial charge in [-0.25, -0.2) is 9.59 Å². The van der Waals surface area contributed by atoms with Crippen molar-refractivity contribution in [3.63, 3.8) is 0 Å². The van der Waals surface area contributed by atoms with E-state index in [0.29, 0.717) is 6.54 Å². The van der Waals surface area contributed by atoms with Crippen molar-refractivity contribution >= 4 is 18.0 Å². The lowest BCUT2D eigenvalue weighted by atomic mass is 10.1. The molecular formula is C32H38N2O6. The number of esters is 1. The number of hydrogen-bond acceptors (Lipinski definition) is 6. The quantitative estimate of drug-likeness (QED) is 0.310. The minimum Gasteiger partial charge on any atom is -0.459 e. The van der Waals surface area contributed by atoms with Gasteiger partial charge in [-0.2, -0.15) is 0 Å². The molecule has 8 heteroatoms. The largest absolute Gasteiger partial charge is 0.459 e. The summed E-state index contributed by atoms with van der Waals surface area (Å²) < 4.78 is 16.4. The van der Waals surface area contributed by atoms with Gasteiger partial charge in [0.1, 0.15) is 12.2 Å². The molecule has 0 bridgehead atoms. The highest BCUT2D eigenvalue weighted by Crippen LogP contribution is 2.10. The van der Waals surface area contributed by atoms with Crippen LogP contribution in [0.25, 0.3) is 0 Å². The number of alkyl carbamates (subject to hydrolysis) is 1. The van der Waals surface area contributed by atoms with Crippen LogP contribution in [0.1, 0.15) is 48.6 Å². The molecule has 212 valence electrons. The lowest BCUT2D eigenvalue weighted by Crippen LogP contribution is -2.46. The van der Waals surface area contributed by atoms with Gasteiger partial charge in [-0.05, 0) is 49.9 Å². The van der Waals surface area contributed by atoms with E-state index in [-0.39, 0.29) is 32.1 Å². The maximum Gasteiger partial charge on any atom is 0.408 e. The average molecular weight is 547 g/mol. The number of hydrogen-bond donors (Lipinski definition) is 2. The van der Waals surface area contributed by atoms with Crippen molar-refractivity contribution in [2.75, 3.05) is 6.61 Å². The highest BCUT2D eigenvalue weighted by Gasteiger charge is 2.26. The van der Waals surface area contributed by atoms with E-state index in [1.807, 2.05) is 73.7 Å². The summed E-state index contributed by atoms with van der Waals surface area (Å²) in [5.41, 5.74) is 4.03. The Morgan fingerprint density at radius 3 is 2.02 bits per heavy atom. The average Bonchev–Trinajstić information content (AvgIpc) is 2.91. The SMILES string of the molecule is Cc1ccc(CNC(=O)Cc2ccc(COC(=O)[C@H](COCc3ccccc3)NC(=O)OC(C)(C)C)cc2)cc1. The predicted octanol–water partition coefficient (Wildman–Crippen LogP) is 5.01. The fourth-order valence-electron chi connectivity index (χ4n) is 3.65. The number of carbonyl (C=O) groups excluding carboxylic acids is 3. The number of ether oxygens (including phenoxy) is 3. The molecule has 0 heterocycles. The zero-order valence-corrected chi connectivity index (χ0v) is 23.6. The third kappa shape index (κ3) is 11.3. The van der Waals surface area contributed by atoms with Gasteiger partial charge in [0, 0.05) is 6.54 Å². The number of nitrogens with one attached hydrogen (secondary N) is 2. The molecule has 0 saturated carbocycles. The van der Waals surface area contributed by atoms with Crippen LogP contribution in [-0.4, -0.2) is 36.2 Å². The molecule has 3 aromatic rings. The lowest BCUT2D eigenvalue weighted by Gasteiger charge is -2.23. The maximum absolute atomic E-state index is 12.9. The molecule has 2 amide bonds. The van der Waals surface area contributed by atoms with Crippen LogP contribution < -0.4 is 10.6 Å². The number of amides is 2. The topological polar surface area (TPSA) is 103 Å². The Morgan fingerprint density at radius 2 is 1.38 bits per heavy atom. The molecule has 3 aromatic carbocycles. The first kappa shape index (κ1) is 30.4. The molecule has 40 heavy (non-hydrogen) atoms. The van der Waals surface area contributed by atoms with Crippen molar-refractivity contribution in [2.45, 2.75) is 65.5 Å². The zero-order valence-electron chi connectivity index (χ0n) is 23.6. The second kappa shape index (κ2) is 14.8. The molecule has 0 spiro atoms. The molecular weight excluding hydrogens is 508 g/mol. The zero-order chi connectivity index (χ0) is 29.0. The van der Waals surface area contributed by atoms with E-state index in [9.17, 15) is 14.4 Å². The minimum absolute atomic E-state index is 0.00389. The Morgan fingerprint density at radius 1 is 0.775 bits per heavy atom. The van der Waals surface area contributed by atoms with Gasteiger partial charge in [0.05, 0.1) is 19.6 Å². The Kier molecular flexibility index (Phi) is 11.3. The second-order valence-corrected chi connectivity index (χ2v) is 10.6. The molecule has 8 nitrogen and oxygen atoms in total. The van der Waals surface area contributed by atoms with Crippen LogP contribution in [0.4, 0.5) is 4.79 Å². The number of benzene rings is 3. The summed E-state index contributed by atoms with van der Waals surface area (Å²) >= 11 is 0. The third-order valence-corrected chi connectivity index (χ3v) is 5.75. The third-order valence-electron chi connectivity index (χ3n) is 5.75. The summed E-state index contributed by atoms with van der Waals surface area (Å²) in [7, 11) is 0. The standard InChI is InChI=1S/C32H38N2O6/c1-23-10-12-25(13-11-23)19-33-29(35)18-24-14-16-27(17-15-24)21-39-30(36)28(34-31(37)40-32(2,3)4)22-38-20-26-8-6-5-7-9-26/h5-17,28H,18-22H2,1-4H3,(H,33,35)(H,34,37)/t28-/m0/s1. The van der Waals surface area contributed by atoms with Crippen LogP contribution >= 0.6 is 0 Å². The Hall–Kier alpha value is -4.17. The van der Waals surface area contributed by atoms with Crippen LogP contribution in [0.5, 0.6) is 0 Å². The Balaban J connectivity index is 1.49. The normalized spacial score (nSPS) is 11.8. The van der Waals surface area contributed by atoms with Crippen LogP contribution in [0.15, 0.2) is 78.9 Å². The van der Waals surface area contributed by atoms with E-state index in [0.717, 1.165) is 22.3 Å². The molecule has 0 fully saturated rings. The molecule has 1 atom stereocenters. The number of rotatable bonds is 12. The molecule has 0 aliphatic heterocycles. The molecule has 0 aromatic heterocycles. The molecule has 0 saturated heterocycles. The van der Waals surface area contributed by atoms with Crippen LogP contribution in [0, 0.1) is 6.92 Å². The van der Waals surface area contributed by atoms with Gasteiger partial charge in [-0.1, -0.05) is 84.4 Å². The molecule has 0 unspecified atom stereocenters. The van der Waals surface area contributed by atoms with Crippen molar-refractivity contribution in [3.8, 4) is 0 Å². The van der Waals surface area contributed by atoms with Crippen LogP contribution in [-0.2, 0) is 50.0 Å². The highest BCUT2D eigenvalue weighted by atomic mass is 16.6. The summed E-state index contributed by atoms with van der Waals surface area (Å²) in [6, 6.07) is 23.7. The fourth-order valence-corrected chi connectivity index (χ4v) is 3.65. The van der Waals surface area contributed by atoms with Crippen molar-refractivity contribution in [2.24, 2.45) is 0 Å². The Labute approximate surface area is 236 Å². The van der Waals surface area contributed by atoms with Gasteiger partial charge < -0.3 is 24.8 Å². The molecule has 3 rings (SSSR count). The van der Waals surface area contributed by atoms with E-state index in [4.69, 9.17) is 14.2 Å². The number of aryl methyl sites for hydroxylation is 1. The van der Waals surface area contributed by atoms with Gasteiger partial charge >= 0.3 is 12.1 Å². The van der Waals surface area contributed by atoms with Crippen LogP contribution in [0.3, 0.4) is 0 Å². The predicted molar refractivity (Wildman–Crippen MR) is 152 cm³/mol. The fraction of sp³-hybridized carbons (Fsp3) is 0.344. The van der Waals surface area contributed by atoms with E-state index in [1.165, 1.54) is 5.56 Å². The highest BCUT2D eigenvalue weighted by molar-refractivity contribution is 5.81. The Bertz CT molecular complexity index is 1240. The van der Waals surface area contributed by atoms with Crippen molar-refractivity contribution in [1.82, 2.24) is 10.6 Å². The smallest absolute Gasteiger partial charge is 0.408 e. The van der Waals surface area contributed by atoms with Crippen molar-refractivity contribution in [3.05, 3.63) is 107 Å². The molecule has 0 radical (unpaired) electrons. The van der Waals surface area contributed by atoms with Gasteiger partial charge in [0.2, 0.25) is 5.91 Å². The first-order chi connectivity index (χ1) is 19.1. The molecule has 0 aliphatic rings. The molecule has 0 aliphatic carbocycles. The van der Waals surface area contributed by atoms with Gasteiger partial charge in [0.25, 0.3) is 0 Å². The maximum atomic E-state index is 12.9. The minimum atomic E-state index is -1.05.